The van der Waals surface area contributed by atoms with Crippen molar-refractivity contribution in [1.82, 2.24) is 5.32 Å². The highest BCUT2D eigenvalue weighted by Crippen LogP contribution is 2.26. The van der Waals surface area contributed by atoms with Gasteiger partial charge in [0.1, 0.15) is 9.84 Å². The Hall–Kier alpha value is -0.370. The lowest BCUT2D eigenvalue weighted by Gasteiger charge is -2.14. The number of carbonyl (C=O) groups excluding carboxylic acids is 1. The molecule has 0 spiro atoms. The van der Waals surface area contributed by atoms with E-state index in [1.165, 1.54) is 6.26 Å². The van der Waals surface area contributed by atoms with Crippen LogP contribution in [0, 0.1) is 5.92 Å². The van der Waals surface area contributed by atoms with Crippen molar-refractivity contribution in [3.8, 4) is 0 Å². The Morgan fingerprint density at radius 1 is 1.35 bits per heavy atom. The smallest absolute Gasteiger partial charge is 0.220 e. The molecule has 0 saturated heterocycles. The summed E-state index contributed by atoms with van der Waals surface area (Å²) >= 11 is 0. The molecule has 0 radical (unpaired) electrons. The Morgan fingerprint density at radius 2 is 2.05 bits per heavy atom. The quantitative estimate of drug-likeness (QED) is 0.616. The summed E-state index contributed by atoms with van der Waals surface area (Å²) in [5.41, 5.74) is 5.90. The molecule has 0 aliphatic heterocycles. The van der Waals surface area contributed by atoms with Gasteiger partial charge in [-0.25, -0.2) is 8.42 Å². The average molecular weight is 329 g/mol. The number of nitrogens with one attached hydrogen (secondary N) is 1. The van der Waals surface area contributed by atoms with Gasteiger partial charge in [0.2, 0.25) is 5.91 Å². The second kappa shape index (κ2) is 9.55. The van der Waals surface area contributed by atoms with Crippen LogP contribution in [0.4, 0.5) is 0 Å². The summed E-state index contributed by atoms with van der Waals surface area (Å²) in [6, 6.07) is 0.150. The molecule has 0 unspecified atom stereocenters. The molecule has 1 aliphatic carbocycles. The number of amides is 1. The first-order chi connectivity index (χ1) is 8.88. The number of rotatable bonds is 8. The predicted octanol–water partition coefficient (Wildman–Crippen LogP) is 0.103. The number of hydrogen-bond donors (Lipinski definition) is 2. The average Bonchev–Trinajstić information content (AvgIpc) is 2.68. The summed E-state index contributed by atoms with van der Waals surface area (Å²) in [4.78, 5) is 11.6. The minimum absolute atomic E-state index is 0. The third-order valence-corrected chi connectivity index (χ3v) is 4.24. The van der Waals surface area contributed by atoms with Crippen molar-refractivity contribution in [2.75, 3.05) is 31.8 Å². The van der Waals surface area contributed by atoms with Crippen molar-refractivity contribution in [3.05, 3.63) is 0 Å². The van der Waals surface area contributed by atoms with E-state index < -0.39 is 9.84 Å². The third kappa shape index (κ3) is 8.73. The summed E-state index contributed by atoms with van der Waals surface area (Å²) < 4.78 is 26.8. The molecule has 1 saturated carbocycles. The molecule has 1 amide bonds. The first kappa shape index (κ1) is 19.6. The van der Waals surface area contributed by atoms with Gasteiger partial charge in [-0.2, -0.15) is 0 Å². The number of hydrogen-bond acceptors (Lipinski definition) is 5. The molecule has 0 aromatic heterocycles. The van der Waals surface area contributed by atoms with E-state index in [-0.39, 0.29) is 36.7 Å². The molecule has 120 valence electrons. The molecule has 1 fully saturated rings. The highest BCUT2D eigenvalue weighted by Gasteiger charge is 2.25. The minimum atomic E-state index is -2.98. The molecule has 0 bridgehead atoms. The highest BCUT2D eigenvalue weighted by atomic mass is 35.5. The van der Waals surface area contributed by atoms with E-state index in [0.29, 0.717) is 25.5 Å². The third-order valence-electron chi connectivity index (χ3n) is 3.33. The van der Waals surface area contributed by atoms with Crippen LogP contribution >= 0.6 is 12.4 Å². The van der Waals surface area contributed by atoms with Crippen molar-refractivity contribution in [1.29, 1.82) is 0 Å². The van der Waals surface area contributed by atoms with Gasteiger partial charge in [0, 0.05) is 25.3 Å². The van der Waals surface area contributed by atoms with E-state index in [1.54, 1.807) is 0 Å². The maximum absolute atomic E-state index is 11.6. The van der Waals surface area contributed by atoms with E-state index in [4.69, 9.17) is 10.5 Å². The Bertz CT molecular complexity index is 389. The predicted molar refractivity (Wildman–Crippen MR) is 80.7 cm³/mol. The molecular formula is C12H25ClN2O4S. The fourth-order valence-corrected chi connectivity index (χ4v) is 2.62. The van der Waals surface area contributed by atoms with Gasteiger partial charge in [-0.05, 0) is 18.8 Å². The fourth-order valence-electron chi connectivity index (χ4n) is 2.20. The van der Waals surface area contributed by atoms with E-state index in [0.717, 1.165) is 19.3 Å². The first-order valence-electron chi connectivity index (χ1n) is 6.66. The van der Waals surface area contributed by atoms with Crippen molar-refractivity contribution >= 4 is 28.2 Å². The van der Waals surface area contributed by atoms with Gasteiger partial charge in [0.05, 0.1) is 19.0 Å². The topological polar surface area (TPSA) is 98.5 Å². The van der Waals surface area contributed by atoms with Gasteiger partial charge < -0.3 is 15.8 Å². The molecule has 1 rings (SSSR count). The summed E-state index contributed by atoms with van der Waals surface area (Å²) in [5.74, 6) is 0.304. The maximum atomic E-state index is 11.6. The van der Waals surface area contributed by atoms with Crippen LogP contribution < -0.4 is 11.1 Å². The second-order valence-electron chi connectivity index (χ2n) is 5.15. The van der Waals surface area contributed by atoms with Crippen LogP contribution in [0.1, 0.15) is 25.7 Å². The lowest BCUT2D eigenvalue weighted by atomic mass is 10.00. The van der Waals surface area contributed by atoms with Gasteiger partial charge in [0.25, 0.3) is 0 Å². The summed E-state index contributed by atoms with van der Waals surface area (Å²) in [7, 11) is -2.98. The summed E-state index contributed by atoms with van der Waals surface area (Å²) in [5, 5.41) is 2.76. The molecule has 0 aromatic carbocycles. The first-order valence-corrected chi connectivity index (χ1v) is 8.72. The highest BCUT2D eigenvalue weighted by molar-refractivity contribution is 7.90. The van der Waals surface area contributed by atoms with E-state index in [1.807, 2.05) is 0 Å². The lowest BCUT2D eigenvalue weighted by molar-refractivity contribution is -0.122. The van der Waals surface area contributed by atoms with E-state index in [2.05, 4.69) is 5.32 Å². The maximum Gasteiger partial charge on any atom is 0.220 e. The van der Waals surface area contributed by atoms with Gasteiger partial charge in [0.15, 0.2) is 0 Å². The SMILES string of the molecule is CS(=O)(=O)CCOCCNC(=O)C[C@@H]1CCC[C@H]1N.Cl. The molecule has 3 N–H and O–H groups in total. The Labute approximate surface area is 127 Å². The van der Waals surface area contributed by atoms with Gasteiger partial charge in [-0.1, -0.05) is 6.42 Å². The Kier molecular flexibility index (Phi) is 9.37. The summed E-state index contributed by atoms with van der Waals surface area (Å²) in [6.07, 6.45) is 4.78. The zero-order valence-corrected chi connectivity index (χ0v) is 13.5. The standard InChI is InChI=1S/C12H24N2O4S.ClH/c1-19(16,17)8-7-18-6-5-14-12(15)9-10-3-2-4-11(10)13;/h10-11H,2-9,13H2,1H3,(H,14,15);1H/t10-,11+;/m0./s1. The molecule has 8 heteroatoms. The minimum Gasteiger partial charge on any atom is -0.379 e. The zero-order chi connectivity index (χ0) is 14.3. The van der Waals surface area contributed by atoms with Gasteiger partial charge >= 0.3 is 0 Å². The molecular weight excluding hydrogens is 304 g/mol. The Morgan fingerprint density at radius 3 is 2.60 bits per heavy atom. The van der Waals surface area contributed by atoms with Gasteiger partial charge in [-0.3, -0.25) is 4.79 Å². The van der Waals surface area contributed by atoms with Crippen molar-refractivity contribution in [2.24, 2.45) is 11.7 Å². The zero-order valence-electron chi connectivity index (χ0n) is 11.8. The number of sulfone groups is 1. The van der Waals surface area contributed by atoms with Crippen LogP contribution in [0.2, 0.25) is 0 Å². The lowest BCUT2D eigenvalue weighted by Crippen LogP contribution is -2.33. The Balaban J connectivity index is 0.00000361. The normalized spacial score (nSPS) is 22.3. The molecule has 1 aliphatic rings. The van der Waals surface area contributed by atoms with Crippen LogP contribution in [-0.4, -0.2) is 52.1 Å². The van der Waals surface area contributed by atoms with Crippen molar-refractivity contribution in [2.45, 2.75) is 31.7 Å². The fraction of sp³-hybridized carbons (Fsp3) is 0.917. The second-order valence-corrected chi connectivity index (χ2v) is 7.41. The number of nitrogens with two attached hydrogens (primary N) is 1. The molecule has 6 nitrogen and oxygen atoms in total. The molecule has 20 heavy (non-hydrogen) atoms. The molecule has 0 heterocycles. The molecule has 2 atom stereocenters. The number of halogens is 1. The van der Waals surface area contributed by atoms with E-state index in [9.17, 15) is 13.2 Å². The molecule has 0 aromatic rings. The van der Waals surface area contributed by atoms with Crippen molar-refractivity contribution in [3.63, 3.8) is 0 Å². The number of ether oxygens (including phenoxy) is 1. The largest absolute Gasteiger partial charge is 0.379 e. The van der Waals surface area contributed by atoms with Crippen LogP contribution in [0.15, 0.2) is 0 Å². The number of carbonyl (C=O) groups is 1. The van der Waals surface area contributed by atoms with Gasteiger partial charge in [-0.15, -0.1) is 12.4 Å². The monoisotopic (exact) mass is 328 g/mol. The summed E-state index contributed by atoms with van der Waals surface area (Å²) in [6.45, 7) is 0.907. The van der Waals surface area contributed by atoms with Crippen LogP contribution in [0.3, 0.4) is 0 Å². The van der Waals surface area contributed by atoms with Crippen LogP contribution in [0.25, 0.3) is 0 Å². The van der Waals surface area contributed by atoms with Crippen LogP contribution in [0.5, 0.6) is 0 Å². The van der Waals surface area contributed by atoms with Crippen molar-refractivity contribution < 1.29 is 17.9 Å². The van der Waals surface area contributed by atoms with E-state index >= 15 is 0 Å². The van der Waals surface area contributed by atoms with Crippen LogP contribution in [-0.2, 0) is 19.4 Å².